The van der Waals surface area contributed by atoms with Crippen molar-refractivity contribution in [3.63, 3.8) is 0 Å². The molecule has 1 amide bonds. The molecule has 0 aromatic heterocycles. The summed E-state index contributed by atoms with van der Waals surface area (Å²) in [7, 11) is 1.54. The molecule has 0 aliphatic heterocycles. The van der Waals surface area contributed by atoms with Crippen molar-refractivity contribution < 1.29 is 23.8 Å². The van der Waals surface area contributed by atoms with Crippen LogP contribution in [0.2, 0.25) is 0 Å². The molecule has 6 heteroatoms. The quantitative estimate of drug-likeness (QED) is 0.554. The third-order valence-corrected chi connectivity index (χ3v) is 3.22. The van der Waals surface area contributed by atoms with Gasteiger partial charge >= 0.3 is 5.97 Å². The molecule has 1 aromatic rings. The van der Waals surface area contributed by atoms with Crippen LogP contribution < -0.4 is 10.1 Å². The molecule has 0 fully saturated rings. The summed E-state index contributed by atoms with van der Waals surface area (Å²) in [6, 6.07) is 5.92. The highest BCUT2D eigenvalue weighted by atomic mass is 16.6. The van der Waals surface area contributed by atoms with E-state index in [-0.39, 0.29) is 19.1 Å². The van der Waals surface area contributed by atoms with Crippen LogP contribution in [0.5, 0.6) is 5.75 Å². The first kappa shape index (κ1) is 19.0. The maximum atomic E-state index is 11.6. The fourth-order valence-corrected chi connectivity index (χ4v) is 1.80. The number of esters is 1. The molecule has 0 spiro atoms. The predicted molar refractivity (Wildman–Crippen MR) is 86.6 cm³/mol. The fourth-order valence-electron chi connectivity index (χ4n) is 1.80. The van der Waals surface area contributed by atoms with Gasteiger partial charge in [-0.05, 0) is 30.0 Å². The molecule has 0 unspecified atom stereocenters. The van der Waals surface area contributed by atoms with Gasteiger partial charge in [0.1, 0.15) is 5.75 Å². The number of nitrogens with one attached hydrogen (secondary N) is 1. The highest BCUT2D eigenvalue weighted by molar-refractivity contribution is 5.80. The van der Waals surface area contributed by atoms with Gasteiger partial charge in [-0.3, -0.25) is 4.79 Å². The Balaban J connectivity index is 2.38. The van der Waals surface area contributed by atoms with Crippen molar-refractivity contribution in [1.29, 1.82) is 0 Å². The first-order valence-electron chi connectivity index (χ1n) is 7.58. The Hall–Kier alpha value is -2.08. The van der Waals surface area contributed by atoms with Gasteiger partial charge in [-0.1, -0.05) is 26.0 Å². The molecule has 0 aliphatic carbocycles. The minimum atomic E-state index is -0.582. The van der Waals surface area contributed by atoms with Gasteiger partial charge < -0.3 is 19.5 Å². The molecule has 0 saturated heterocycles. The van der Waals surface area contributed by atoms with Crippen molar-refractivity contribution in [2.24, 2.45) is 0 Å². The molecule has 0 atom stereocenters. The minimum absolute atomic E-state index is 0.228. The molecular weight excluding hydrogens is 298 g/mol. The van der Waals surface area contributed by atoms with Crippen molar-refractivity contribution in [2.45, 2.75) is 26.7 Å². The Bertz CT molecular complexity index is 528. The van der Waals surface area contributed by atoms with Crippen LogP contribution in [0, 0.1) is 6.92 Å². The van der Waals surface area contributed by atoms with Crippen molar-refractivity contribution in [2.75, 3.05) is 33.5 Å². The molecule has 0 aliphatic rings. The number of rotatable bonds is 9. The number of ether oxygens (including phenoxy) is 3. The van der Waals surface area contributed by atoms with E-state index in [1.807, 2.05) is 25.1 Å². The average molecular weight is 323 g/mol. The summed E-state index contributed by atoms with van der Waals surface area (Å²) in [6.45, 7) is 6.33. The summed E-state index contributed by atoms with van der Waals surface area (Å²) >= 11 is 0. The molecule has 0 bridgehead atoms. The van der Waals surface area contributed by atoms with Gasteiger partial charge in [0.25, 0.3) is 5.91 Å². The van der Waals surface area contributed by atoms with Crippen LogP contribution in [0.25, 0.3) is 0 Å². The first-order chi connectivity index (χ1) is 10.9. The number of amides is 1. The van der Waals surface area contributed by atoms with Crippen LogP contribution in [-0.4, -0.2) is 45.4 Å². The summed E-state index contributed by atoms with van der Waals surface area (Å²) in [5, 5.41) is 2.56. The third-order valence-electron chi connectivity index (χ3n) is 3.22. The van der Waals surface area contributed by atoms with E-state index >= 15 is 0 Å². The van der Waals surface area contributed by atoms with Gasteiger partial charge in [0, 0.05) is 13.7 Å². The van der Waals surface area contributed by atoms with Gasteiger partial charge in [-0.25, -0.2) is 4.79 Å². The maximum Gasteiger partial charge on any atom is 0.344 e. The van der Waals surface area contributed by atoms with Gasteiger partial charge in [0.15, 0.2) is 13.2 Å². The molecule has 128 valence electrons. The molecule has 1 aromatic carbocycles. The molecular formula is C17H25NO5. The van der Waals surface area contributed by atoms with Crippen LogP contribution in [0.3, 0.4) is 0 Å². The SMILES string of the molecule is COCCNC(=O)COC(=O)COc1cc(C(C)C)ccc1C. The number of benzene rings is 1. The normalized spacial score (nSPS) is 10.5. The second-order valence-corrected chi connectivity index (χ2v) is 5.47. The van der Waals surface area contributed by atoms with E-state index in [2.05, 4.69) is 19.2 Å². The Kier molecular flexibility index (Phi) is 8.11. The van der Waals surface area contributed by atoms with E-state index in [4.69, 9.17) is 14.2 Å². The lowest BCUT2D eigenvalue weighted by Crippen LogP contribution is -2.32. The van der Waals surface area contributed by atoms with Crippen molar-refractivity contribution in [3.05, 3.63) is 29.3 Å². The predicted octanol–water partition coefficient (Wildman–Crippen LogP) is 1.80. The Labute approximate surface area is 137 Å². The van der Waals surface area contributed by atoms with Gasteiger partial charge in [0.05, 0.1) is 6.61 Å². The summed E-state index contributed by atoms with van der Waals surface area (Å²) in [6.07, 6.45) is 0. The van der Waals surface area contributed by atoms with Crippen LogP contribution in [0.1, 0.15) is 30.9 Å². The van der Waals surface area contributed by atoms with Crippen LogP contribution in [-0.2, 0) is 19.1 Å². The number of carbonyl (C=O) groups is 2. The van der Waals surface area contributed by atoms with Crippen molar-refractivity contribution >= 4 is 11.9 Å². The topological polar surface area (TPSA) is 73.9 Å². The summed E-state index contributed by atoms with van der Waals surface area (Å²) < 4.78 is 15.2. The number of hydrogen-bond donors (Lipinski definition) is 1. The second kappa shape index (κ2) is 9.84. The van der Waals surface area contributed by atoms with E-state index in [1.54, 1.807) is 7.11 Å². The standard InChI is InChI=1S/C17H25NO5/c1-12(2)14-6-5-13(3)15(9-14)22-11-17(20)23-10-16(19)18-7-8-21-4/h5-6,9,12H,7-8,10-11H2,1-4H3,(H,18,19). The summed E-state index contributed by atoms with van der Waals surface area (Å²) in [4.78, 5) is 23.0. The number of hydrogen-bond acceptors (Lipinski definition) is 5. The lowest BCUT2D eigenvalue weighted by atomic mass is 10.0. The number of methoxy groups -OCH3 is 1. The summed E-state index contributed by atoms with van der Waals surface area (Å²) in [5.74, 6) is 0.0769. The summed E-state index contributed by atoms with van der Waals surface area (Å²) in [5.41, 5.74) is 2.08. The largest absolute Gasteiger partial charge is 0.482 e. The van der Waals surface area contributed by atoms with E-state index in [0.717, 1.165) is 11.1 Å². The lowest BCUT2D eigenvalue weighted by Gasteiger charge is -2.12. The Morgan fingerprint density at radius 2 is 1.96 bits per heavy atom. The fraction of sp³-hybridized carbons (Fsp3) is 0.529. The Morgan fingerprint density at radius 3 is 2.61 bits per heavy atom. The number of aryl methyl sites for hydroxylation is 1. The van der Waals surface area contributed by atoms with Gasteiger partial charge in [-0.15, -0.1) is 0 Å². The van der Waals surface area contributed by atoms with Gasteiger partial charge in [0.2, 0.25) is 0 Å². The highest BCUT2D eigenvalue weighted by Crippen LogP contribution is 2.24. The Morgan fingerprint density at radius 1 is 1.22 bits per heavy atom. The lowest BCUT2D eigenvalue weighted by molar-refractivity contribution is -0.150. The van der Waals surface area contributed by atoms with E-state index in [0.29, 0.717) is 24.8 Å². The zero-order valence-corrected chi connectivity index (χ0v) is 14.2. The van der Waals surface area contributed by atoms with Crippen LogP contribution in [0.4, 0.5) is 0 Å². The first-order valence-corrected chi connectivity index (χ1v) is 7.58. The minimum Gasteiger partial charge on any atom is -0.482 e. The zero-order chi connectivity index (χ0) is 17.2. The van der Waals surface area contributed by atoms with E-state index < -0.39 is 5.97 Å². The van der Waals surface area contributed by atoms with Crippen molar-refractivity contribution in [3.8, 4) is 5.75 Å². The molecule has 0 heterocycles. The van der Waals surface area contributed by atoms with Crippen molar-refractivity contribution in [1.82, 2.24) is 5.32 Å². The van der Waals surface area contributed by atoms with Crippen LogP contribution in [0.15, 0.2) is 18.2 Å². The molecule has 0 saturated carbocycles. The molecule has 23 heavy (non-hydrogen) atoms. The maximum absolute atomic E-state index is 11.6. The van der Waals surface area contributed by atoms with E-state index in [1.165, 1.54) is 0 Å². The number of carbonyl (C=O) groups excluding carboxylic acids is 2. The average Bonchev–Trinajstić information content (AvgIpc) is 2.52. The molecule has 1 N–H and O–H groups in total. The molecule has 0 radical (unpaired) electrons. The smallest absolute Gasteiger partial charge is 0.344 e. The zero-order valence-electron chi connectivity index (χ0n) is 14.2. The third kappa shape index (κ3) is 7.15. The second-order valence-electron chi connectivity index (χ2n) is 5.47. The molecule has 1 rings (SSSR count). The van der Waals surface area contributed by atoms with Crippen LogP contribution >= 0.6 is 0 Å². The monoisotopic (exact) mass is 323 g/mol. The van der Waals surface area contributed by atoms with E-state index in [9.17, 15) is 9.59 Å². The highest BCUT2D eigenvalue weighted by Gasteiger charge is 2.10. The van der Waals surface area contributed by atoms with Gasteiger partial charge in [-0.2, -0.15) is 0 Å². The molecule has 6 nitrogen and oxygen atoms in total.